The summed E-state index contributed by atoms with van der Waals surface area (Å²) in [6.45, 7) is 3.68. The number of rotatable bonds is 5. The third kappa shape index (κ3) is 5.34. The minimum Gasteiger partial charge on any atom is -0.377 e. The lowest BCUT2D eigenvalue weighted by molar-refractivity contribution is 0.103. The van der Waals surface area contributed by atoms with E-state index in [9.17, 15) is 4.39 Å². The zero-order valence-electron chi connectivity index (χ0n) is 10.5. The summed E-state index contributed by atoms with van der Waals surface area (Å²) in [4.78, 5) is 0. The molecule has 0 bridgehead atoms. The molecule has 2 nitrogen and oxygen atoms in total. The molecule has 18 heavy (non-hydrogen) atoms. The van der Waals surface area contributed by atoms with Crippen LogP contribution in [0.2, 0.25) is 0 Å². The summed E-state index contributed by atoms with van der Waals surface area (Å²) in [7, 11) is 0. The lowest BCUT2D eigenvalue weighted by Crippen LogP contribution is -2.28. The van der Waals surface area contributed by atoms with Crippen molar-refractivity contribution in [2.75, 3.05) is 19.7 Å². The Morgan fingerprint density at radius 3 is 2.50 bits per heavy atom. The fourth-order valence-electron chi connectivity index (χ4n) is 2.19. The summed E-state index contributed by atoms with van der Waals surface area (Å²) in [5, 5.41) is 3.36. The van der Waals surface area contributed by atoms with E-state index in [1.807, 2.05) is 0 Å². The van der Waals surface area contributed by atoms with Crippen molar-refractivity contribution >= 4 is 12.4 Å². The first kappa shape index (κ1) is 15.4. The molecular weight excluding hydrogens is 253 g/mol. The van der Waals surface area contributed by atoms with Gasteiger partial charge in [-0.15, -0.1) is 12.4 Å². The van der Waals surface area contributed by atoms with E-state index in [0.29, 0.717) is 6.61 Å². The van der Waals surface area contributed by atoms with Crippen molar-refractivity contribution in [2.45, 2.75) is 25.9 Å². The van der Waals surface area contributed by atoms with Gasteiger partial charge in [0.1, 0.15) is 5.82 Å². The summed E-state index contributed by atoms with van der Waals surface area (Å²) < 4.78 is 18.3. The van der Waals surface area contributed by atoms with E-state index in [4.69, 9.17) is 4.74 Å². The van der Waals surface area contributed by atoms with Crippen molar-refractivity contribution in [2.24, 2.45) is 5.92 Å². The molecule has 2 rings (SSSR count). The van der Waals surface area contributed by atoms with Gasteiger partial charge in [-0.1, -0.05) is 12.1 Å². The van der Waals surface area contributed by atoms with Crippen LogP contribution in [0.5, 0.6) is 0 Å². The molecule has 0 spiro atoms. The Morgan fingerprint density at radius 2 is 1.83 bits per heavy atom. The zero-order valence-corrected chi connectivity index (χ0v) is 11.3. The first-order chi connectivity index (χ1) is 8.34. The first-order valence-corrected chi connectivity index (χ1v) is 6.37. The minimum atomic E-state index is -0.191. The Balaban J connectivity index is 0.00000162. The van der Waals surface area contributed by atoms with Crippen LogP contribution in [-0.2, 0) is 11.3 Å². The summed E-state index contributed by atoms with van der Waals surface area (Å²) in [5.41, 5.74) is 1.04. The van der Waals surface area contributed by atoms with Gasteiger partial charge >= 0.3 is 0 Å². The maximum Gasteiger partial charge on any atom is 0.123 e. The van der Waals surface area contributed by atoms with Gasteiger partial charge in [0.15, 0.2) is 0 Å². The average molecular weight is 274 g/mol. The van der Waals surface area contributed by atoms with Gasteiger partial charge in [0.25, 0.3) is 0 Å². The van der Waals surface area contributed by atoms with E-state index in [-0.39, 0.29) is 18.2 Å². The van der Waals surface area contributed by atoms with Gasteiger partial charge in [-0.3, -0.25) is 0 Å². The SMILES string of the molecule is Cl.Fc1ccc(COCCC2CCNCC2)cc1. The van der Waals surface area contributed by atoms with Crippen molar-refractivity contribution in [3.05, 3.63) is 35.6 Å². The molecular formula is C14H21ClFNO. The highest BCUT2D eigenvalue weighted by Gasteiger charge is 2.12. The molecule has 4 heteroatoms. The highest BCUT2D eigenvalue weighted by Crippen LogP contribution is 2.16. The molecule has 0 saturated carbocycles. The van der Waals surface area contributed by atoms with Crippen molar-refractivity contribution < 1.29 is 9.13 Å². The topological polar surface area (TPSA) is 21.3 Å². The van der Waals surface area contributed by atoms with Crippen molar-refractivity contribution in [3.63, 3.8) is 0 Å². The molecule has 1 aromatic carbocycles. The molecule has 0 amide bonds. The molecule has 0 atom stereocenters. The standard InChI is InChI=1S/C14H20FNO.ClH/c15-14-3-1-13(2-4-14)11-17-10-7-12-5-8-16-9-6-12;/h1-4,12,16H,5-11H2;1H. The van der Waals surface area contributed by atoms with Crippen molar-refractivity contribution in [1.82, 2.24) is 5.32 Å². The molecule has 1 heterocycles. The fourth-order valence-corrected chi connectivity index (χ4v) is 2.19. The van der Waals surface area contributed by atoms with Gasteiger partial charge < -0.3 is 10.1 Å². The number of nitrogens with one attached hydrogen (secondary N) is 1. The van der Waals surface area contributed by atoms with Crippen LogP contribution in [0.1, 0.15) is 24.8 Å². The highest BCUT2D eigenvalue weighted by atomic mass is 35.5. The molecule has 1 aliphatic heterocycles. The first-order valence-electron chi connectivity index (χ1n) is 6.37. The van der Waals surface area contributed by atoms with Crippen LogP contribution in [0.4, 0.5) is 4.39 Å². The minimum absolute atomic E-state index is 0. The predicted octanol–water partition coefficient (Wildman–Crippen LogP) is 3.15. The molecule has 1 saturated heterocycles. The van der Waals surface area contributed by atoms with Crippen LogP contribution in [-0.4, -0.2) is 19.7 Å². The Hall–Kier alpha value is -0.640. The zero-order chi connectivity index (χ0) is 11.9. The average Bonchev–Trinajstić information content (AvgIpc) is 2.38. The van der Waals surface area contributed by atoms with Gasteiger partial charge in [0.05, 0.1) is 6.61 Å². The third-order valence-electron chi connectivity index (χ3n) is 3.31. The van der Waals surface area contributed by atoms with E-state index >= 15 is 0 Å². The van der Waals surface area contributed by atoms with Crippen LogP contribution in [0, 0.1) is 11.7 Å². The maximum atomic E-state index is 12.7. The number of benzene rings is 1. The van der Waals surface area contributed by atoms with E-state index in [1.165, 1.54) is 25.0 Å². The van der Waals surface area contributed by atoms with Gasteiger partial charge in [-0.25, -0.2) is 4.39 Å². The van der Waals surface area contributed by atoms with E-state index in [1.54, 1.807) is 12.1 Å². The second-order valence-corrected chi connectivity index (χ2v) is 4.66. The monoisotopic (exact) mass is 273 g/mol. The molecule has 1 aliphatic rings. The summed E-state index contributed by atoms with van der Waals surface area (Å²) in [5.74, 6) is 0.618. The summed E-state index contributed by atoms with van der Waals surface area (Å²) in [6, 6.07) is 6.51. The maximum absolute atomic E-state index is 12.7. The smallest absolute Gasteiger partial charge is 0.123 e. The van der Waals surface area contributed by atoms with Crippen LogP contribution in [0.3, 0.4) is 0 Å². The summed E-state index contributed by atoms with van der Waals surface area (Å²) >= 11 is 0. The van der Waals surface area contributed by atoms with Crippen molar-refractivity contribution in [3.8, 4) is 0 Å². The van der Waals surface area contributed by atoms with Crippen molar-refractivity contribution in [1.29, 1.82) is 0 Å². The second kappa shape index (κ2) is 8.46. The molecule has 0 unspecified atom stereocenters. The summed E-state index contributed by atoms with van der Waals surface area (Å²) in [6.07, 6.45) is 3.67. The predicted molar refractivity (Wildman–Crippen MR) is 73.5 cm³/mol. The lowest BCUT2D eigenvalue weighted by atomic mass is 9.95. The molecule has 1 fully saturated rings. The van der Waals surface area contributed by atoms with Crippen LogP contribution in [0.25, 0.3) is 0 Å². The Bertz CT molecular complexity index is 325. The third-order valence-corrected chi connectivity index (χ3v) is 3.31. The number of hydrogen-bond acceptors (Lipinski definition) is 2. The Labute approximate surface area is 114 Å². The Morgan fingerprint density at radius 1 is 1.17 bits per heavy atom. The second-order valence-electron chi connectivity index (χ2n) is 4.66. The number of ether oxygens (including phenoxy) is 1. The largest absolute Gasteiger partial charge is 0.377 e. The van der Waals surface area contributed by atoms with Gasteiger partial charge in [0.2, 0.25) is 0 Å². The van der Waals surface area contributed by atoms with Gasteiger partial charge in [-0.2, -0.15) is 0 Å². The van der Waals surface area contributed by atoms with E-state index in [2.05, 4.69) is 5.32 Å². The normalized spacial score (nSPS) is 16.3. The van der Waals surface area contributed by atoms with Crippen LogP contribution >= 0.6 is 12.4 Å². The van der Waals surface area contributed by atoms with Gasteiger partial charge in [0, 0.05) is 6.61 Å². The lowest BCUT2D eigenvalue weighted by Gasteiger charge is -2.22. The highest BCUT2D eigenvalue weighted by molar-refractivity contribution is 5.85. The molecule has 0 aliphatic carbocycles. The number of halogens is 2. The Kier molecular flexibility index (Phi) is 7.25. The molecule has 1 N–H and O–H groups in total. The molecule has 0 radical (unpaired) electrons. The number of hydrogen-bond donors (Lipinski definition) is 1. The quantitative estimate of drug-likeness (QED) is 0.832. The van der Waals surface area contributed by atoms with E-state index < -0.39 is 0 Å². The molecule has 102 valence electrons. The van der Waals surface area contributed by atoms with Gasteiger partial charge in [-0.05, 0) is 56.0 Å². The van der Waals surface area contributed by atoms with Crippen LogP contribution in [0.15, 0.2) is 24.3 Å². The fraction of sp³-hybridized carbons (Fsp3) is 0.571. The van der Waals surface area contributed by atoms with E-state index in [0.717, 1.165) is 37.6 Å². The molecule has 0 aromatic heterocycles. The van der Waals surface area contributed by atoms with Crippen LogP contribution < -0.4 is 5.32 Å². The molecule has 1 aromatic rings. The number of piperidine rings is 1.